The largest absolute Gasteiger partial charge is 0.324 e. The number of benzene rings is 1. The summed E-state index contributed by atoms with van der Waals surface area (Å²) in [7, 11) is 2.13. The van der Waals surface area contributed by atoms with E-state index < -0.39 is 0 Å². The number of allylic oxidation sites excluding steroid dienone is 2. The molecular formula is C21H32N2. The van der Waals surface area contributed by atoms with Crippen molar-refractivity contribution in [2.45, 2.75) is 51.1 Å². The second-order valence-corrected chi connectivity index (χ2v) is 7.62. The van der Waals surface area contributed by atoms with Crippen LogP contribution in [0.3, 0.4) is 0 Å². The zero-order valence-electron chi connectivity index (χ0n) is 14.6. The van der Waals surface area contributed by atoms with Crippen LogP contribution in [-0.2, 0) is 0 Å². The standard InChI is InChI=1S/C21H32N2/c1-15-8-6-7-11-18(15)21(23-2)19(14-16-12-13-16)20(22)17-9-4-3-5-10-17/h3-6,8-10,15-16,18-21,23H,7,11-14,22H2,1-2H3. The molecule has 1 saturated carbocycles. The van der Waals surface area contributed by atoms with Crippen molar-refractivity contribution in [3.05, 3.63) is 48.0 Å². The lowest BCUT2D eigenvalue weighted by Gasteiger charge is -2.40. The highest BCUT2D eigenvalue weighted by Crippen LogP contribution is 2.43. The average Bonchev–Trinajstić information content (AvgIpc) is 3.40. The maximum absolute atomic E-state index is 6.79. The van der Waals surface area contributed by atoms with Gasteiger partial charge < -0.3 is 11.1 Å². The normalized spacial score (nSPS) is 28.3. The van der Waals surface area contributed by atoms with E-state index in [9.17, 15) is 0 Å². The third-order valence-corrected chi connectivity index (χ3v) is 5.99. The molecule has 23 heavy (non-hydrogen) atoms. The summed E-state index contributed by atoms with van der Waals surface area (Å²) in [5.74, 6) is 2.77. The van der Waals surface area contributed by atoms with Gasteiger partial charge in [0.25, 0.3) is 0 Å². The molecule has 5 unspecified atom stereocenters. The average molecular weight is 313 g/mol. The predicted octanol–water partition coefficient (Wildman–Crippen LogP) is 4.29. The fourth-order valence-electron chi connectivity index (χ4n) is 4.43. The van der Waals surface area contributed by atoms with E-state index in [2.05, 4.69) is 61.8 Å². The molecular weight excluding hydrogens is 280 g/mol. The Hall–Kier alpha value is -1.12. The minimum absolute atomic E-state index is 0.132. The Balaban J connectivity index is 1.82. The summed E-state index contributed by atoms with van der Waals surface area (Å²) < 4.78 is 0. The summed E-state index contributed by atoms with van der Waals surface area (Å²) in [6.07, 6.45) is 11.3. The molecule has 0 aromatic heterocycles. The second-order valence-electron chi connectivity index (χ2n) is 7.62. The number of nitrogens with one attached hydrogen (secondary N) is 1. The first kappa shape index (κ1) is 16.7. The van der Waals surface area contributed by atoms with Crippen molar-refractivity contribution in [2.24, 2.45) is 29.4 Å². The van der Waals surface area contributed by atoms with Crippen molar-refractivity contribution in [1.82, 2.24) is 5.32 Å². The zero-order chi connectivity index (χ0) is 16.2. The van der Waals surface area contributed by atoms with E-state index in [-0.39, 0.29) is 6.04 Å². The summed E-state index contributed by atoms with van der Waals surface area (Å²) in [6.45, 7) is 2.37. The molecule has 126 valence electrons. The van der Waals surface area contributed by atoms with Crippen LogP contribution in [0.5, 0.6) is 0 Å². The lowest BCUT2D eigenvalue weighted by molar-refractivity contribution is 0.177. The van der Waals surface area contributed by atoms with Gasteiger partial charge in [0.15, 0.2) is 0 Å². The third-order valence-electron chi connectivity index (χ3n) is 5.99. The summed E-state index contributed by atoms with van der Waals surface area (Å²) in [4.78, 5) is 0. The molecule has 3 rings (SSSR count). The van der Waals surface area contributed by atoms with Gasteiger partial charge in [0, 0.05) is 12.1 Å². The smallest absolute Gasteiger partial charge is 0.0338 e. The van der Waals surface area contributed by atoms with Gasteiger partial charge in [0.2, 0.25) is 0 Å². The minimum atomic E-state index is 0.132. The van der Waals surface area contributed by atoms with Gasteiger partial charge in [-0.05, 0) is 55.5 Å². The van der Waals surface area contributed by atoms with Crippen LogP contribution in [-0.4, -0.2) is 13.1 Å². The Morgan fingerprint density at radius 3 is 2.52 bits per heavy atom. The van der Waals surface area contributed by atoms with Crippen LogP contribution in [0.2, 0.25) is 0 Å². The lowest BCUT2D eigenvalue weighted by atomic mass is 9.71. The Kier molecular flexibility index (Phi) is 5.55. The van der Waals surface area contributed by atoms with Crippen LogP contribution in [0.1, 0.15) is 50.6 Å². The minimum Gasteiger partial charge on any atom is -0.324 e. The van der Waals surface area contributed by atoms with Crippen LogP contribution in [0.15, 0.2) is 42.5 Å². The van der Waals surface area contributed by atoms with Gasteiger partial charge in [-0.25, -0.2) is 0 Å². The SMILES string of the molecule is CNC(C1CCC=CC1C)C(CC1CC1)C(N)c1ccccc1. The maximum atomic E-state index is 6.79. The molecule has 0 amide bonds. The topological polar surface area (TPSA) is 38.0 Å². The van der Waals surface area contributed by atoms with E-state index in [0.29, 0.717) is 23.8 Å². The van der Waals surface area contributed by atoms with E-state index in [0.717, 1.165) is 5.92 Å². The molecule has 0 radical (unpaired) electrons. The van der Waals surface area contributed by atoms with Gasteiger partial charge in [0.1, 0.15) is 0 Å². The lowest BCUT2D eigenvalue weighted by Crippen LogP contribution is -2.47. The molecule has 1 aromatic carbocycles. The Morgan fingerprint density at radius 1 is 1.17 bits per heavy atom. The van der Waals surface area contributed by atoms with Crippen LogP contribution in [0, 0.1) is 23.7 Å². The second kappa shape index (κ2) is 7.63. The molecule has 0 aliphatic heterocycles. The van der Waals surface area contributed by atoms with E-state index in [1.54, 1.807) is 0 Å². The van der Waals surface area contributed by atoms with Gasteiger partial charge in [-0.2, -0.15) is 0 Å². The van der Waals surface area contributed by atoms with E-state index >= 15 is 0 Å². The molecule has 1 fully saturated rings. The fourth-order valence-corrected chi connectivity index (χ4v) is 4.43. The van der Waals surface area contributed by atoms with E-state index in [1.807, 2.05) is 0 Å². The van der Waals surface area contributed by atoms with Crippen molar-refractivity contribution in [3.63, 3.8) is 0 Å². The molecule has 0 bridgehead atoms. The van der Waals surface area contributed by atoms with Crippen molar-refractivity contribution in [3.8, 4) is 0 Å². The van der Waals surface area contributed by atoms with Gasteiger partial charge >= 0.3 is 0 Å². The highest BCUT2D eigenvalue weighted by molar-refractivity contribution is 5.20. The monoisotopic (exact) mass is 312 g/mol. The molecule has 0 saturated heterocycles. The fraction of sp³-hybridized carbons (Fsp3) is 0.619. The summed E-state index contributed by atoms with van der Waals surface area (Å²) in [6, 6.07) is 11.3. The van der Waals surface area contributed by atoms with Gasteiger partial charge in [0.05, 0.1) is 0 Å². The van der Waals surface area contributed by atoms with Gasteiger partial charge in [-0.3, -0.25) is 0 Å². The highest BCUT2D eigenvalue weighted by atomic mass is 14.9. The quantitative estimate of drug-likeness (QED) is 0.737. The van der Waals surface area contributed by atoms with Crippen LogP contribution < -0.4 is 11.1 Å². The Morgan fingerprint density at radius 2 is 1.91 bits per heavy atom. The maximum Gasteiger partial charge on any atom is 0.0338 e. The molecule has 2 heteroatoms. The molecule has 1 aromatic rings. The first-order valence-electron chi connectivity index (χ1n) is 9.35. The molecule has 0 heterocycles. The first-order valence-corrected chi connectivity index (χ1v) is 9.35. The van der Waals surface area contributed by atoms with Crippen LogP contribution in [0.4, 0.5) is 0 Å². The molecule has 2 nitrogen and oxygen atoms in total. The van der Waals surface area contributed by atoms with Crippen molar-refractivity contribution in [2.75, 3.05) is 7.05 Å². The van der Waals surface area contributed by atoms with Crippen molar-refractivity contribution < 1.29 is 0 Å². The van der Waals surface area contributed by atoms with Crippen molar-refractivity contribution >= 4 is 0 Å². The number of hydrogen-bond acceptors (Lipinski definition) is 2. The van der Waals surface area contributed by atoms with Gasteiger partial charge in [-0.15, -0.1) is 0 Å². The van der Waals surface area contributed by atoms with Gasteiger partial charge in [-0.1, -0.05) is 62.2 Å². The van der Waals surface area contributed by atoms with E-state index in [4.69, 9.17) is 5.73 Å². The predicted molar refractivity (Wildman–Crippen MR) is 98.1 cm³/mol. The highest BCUT2D eigenvalue weighted by Gasteiger charge is 2.38. The number of hydrogen-bond donors (Lipinski definition) is 2. The Bertz CT molecular complexity index is 506. The van der Waals surface area contributed by atoms with E-state index in [1.165, 1.54) is 37.7 Å². The number of nitrogens with two attached hydrogens (primary N) is 1. The molecule has 2 aliphatic rings. The Labute approximate surface area is 141 Å². The summed E-state index contributed by atoms with van der Waals surface area (Å²) in [5.41, 5.74) is 8.08. The van der Waals surface area contributed by atoms with Crippen LogP contribution >= 0.6 is 0 Å². The van der Waals surface area contributed by atoms with Crippen molar-refractivity contribution in [1.29, 1.82) is 0 Å². The summed E-state index contributed by atoms with van der Waals surface area (Å²) in [5, 5.41) is 3.67. The number of rotatable bonds is 7. The van der Waals surface area contributed by atoms with Crippen LogP contribution in [0.25, 0.3) is 0 Å². The third kappa shape index (κ3) is 4.05. The first-order chi connectivity index (χ1) is 11.2. The zero-order valence-corrected chi connectivity index (χ0v) is 14.6. The molecule has 3 N–H and O–H groups in total. The molecule has 2 aliphatic carbocycles. The summed E-state index contributed by atoms with van der Waals surface area (Å²) >= 11 is 0. The molecule has 5 atom stereocenters. The molecule has 0 spiro atoms.